The first-order valence-electron chi connectivity index (χ1n) is 11.2. The third-order valence-electron chi connectivity index (χ3n) is 7.36. The Morgan fingerprint density at radius 1 is 0.935 bits per heavy atom. The maximum Gasteiger partial charge on any atom is 0.272 e. The van der Waals surface area contributed by atoms with Crippen molar-refractivity contribution in [3.8, 4) is 11.3 Å². The Labute approximate surface area is 180 Å². The smallest absolute Gasteiger partial charge is 0.267 e. The Morgan fingerprint density at radius 2 is 1.61 bits per heavy atom. The van der Waals surface area contributed by atoms with Crippen LogP contribution in [-0.2, 0) is 0 Å². The molecule has 4 bridgehead atoms. The van der Waals surface area contributed by atoms with Crippen molar-refractivity contribution in [3.63, 3.8) is 0 Å². The van der Waals surface area contributed by atoms with E-state index >= 15 is 0 Å². The highest BCUT2D eigenvalue weighted by atomic mass is 19.1. The van der Waals surface area contributed by atoms with Gasteiger partial charge in [0, 0.05) is 16.7 Å². The number of aromatic nitrogens is 1. The van der Waals surface area contributed by atoms with Crippen molar-refractivity contribution in [3.05, 3.63) is 66.0 Å². The Hall–Kier alpha value is -3.08. The van der Waals surface area contributed by atoms with Gasteiger partial charge >= 0.3 is 0 Å². The number of nitrogens with one attached hydrogen (secondary N) is 1. The van der Waals surface area contributed by atoms with Crippen LogP contribution in [0.15, 0.2) is 59.7 Å². The van der Waals surface area contributed by atoms with Crippen LogP contribution in [0.2, 0.25) is 0 Å². The van der Waals surface area contributed by atoms with E-state index < -0.39 is 0 Å². The zero-order valence-electron chi connectivity index (χ0n) is 17.2. The molecule has 156 valence electrons. The molecule has 5 heteroatoms. The normalized spacial score (nSPS) is 26.3. The van der Waals surface area contributed by atoms with Gasteiger partial charge in [0.2, 0.25) is 0 Å². The van der Waals surface area contributed by atoms with Crippen molar-refractivity contribution in [2.75, 3.05) is 0 Å². The van der Waals surface area contributed by atoms with E-state index in [1.54, 1.807) is 18.2 Å². The molecule has 0 saturated heterocycles. The van der Waals surface area contributed by atoms with Gasteiger partial charge in [0.1, 0.15) is 5.82 Å². The minimum absolute atomic E-state index is 0.219. The molecule has 31 heavy (non-hydrogen) atoms. The van der Waals surface area contributed by atoms with Crippen LogP contribution >= 0.6 is 0 Å². The molecular formula is C26H24FN3O. The average Bonchev–Trinajstić information content (AvgIpc) is 2.78. The average molecular weight is 413 g/mol. The minimum atomic E-state index is -0.297. The number of nitrogens with zero attached hydrogens (tertiary/aromatic N) is 2. The fourth-order valence-electron chi connectivity index (χ4n) is 6.16. The fourth-order valence-corrected chi connectivity index (χ4v) is 6.16. The lowest BCUT2D eigenvalue weighted by Crippen LogP contribution is -2.46. The van der Waals surface area contributed by atoms with Crippen LogP contribution in [0, 0.1) is 29.5 Å². The third-order valence-corrected chi connectivity index (χ3v) is 7.36. The number of pyridine rings is 1. The Balaban J connectivity index is 1.34. The van der Waals surface area contributed by atoms with E-state index in [9.17, 15) is 9.18 Å². The summed E-state index contributed by atoms with van der Waals surface area (Å²) >= 11 is 0. The number of amides is 1. The molecule has 1 N–H and O–H groups in total. The largest absolute Gasteiger partial charge is 0.272 e. The number of hydrazone groups is 1. The second-order valence-electron chi connectivity index (χ2n) is 9.36. The first kappa shape index (κ1) is 18.7. The lowest BCUT2D eigenvalue weighted by atomic mass is 9.55. The molecule has 1 amide bonds. The predicted octanol–water partition coefficient (Wildman–Crippen LogP) is 5.58. The summed E-state index contributed by atoms with van der Waals surface area (Å²) in [4.78, 5) is 17.9. The number of fused-ring (bicyclic) bond motifs is 1. The molecule has 2 aromatic carbocycles. The number of rotatable bonds is 3. The summed E-state index contributed by atoms with van der Waals surface area (Å²) in [5.41, 5.74) is 6.76. The molecule has 4 fully saturated rings. The van der Waals surface area contributed by atoms with Crippen LogP contribution in [0.3, 0.4) is 0 Å². The zero-order chi connectivity index (χ0) is 20.9. The predicted molar refractivity (Wildman–Crippen MR) is 119 cm³/mol. The molecule has 3 aromatic rings. The quantitative estimate of drug-likeness (QED) is 0.570. The van der Waals surface area contributed by atoms with Crippen LogP contribution in [0.25, 0.3) is 22.2 Å². The molecule has 0 atom stereocenters. The van der Waals surface area contributed by atoms with Crippen LogP contribution < -0.4 is 5.43 Å². The molecule has 4 saturated carbocycles. The van der Waals surface area contributed by atoms with Crippen LogP contribution in [0.1, 0.15) is 42.5 Å². The van der Waals surface area contributed by atoms with E-state index in [4.69, 9.17) is 0 Å². The van der Waals surface area contributed by atoms with E-state index in [0.29, 0.717) is 23.1 Å². The summed E-state index contributed by atoms with van der Waals surface area (Å²) in [6.07, 6.45) is 6.31. The standard InChI is InChI=1S/C26H24FN3O/c27-20-7-5-17(6-8-20)24-14-22(21-3-1-2-4-23(21)28-24)26(31)30-29-25-18-10-15-9-16(12-18)13-19(25)11-15/h1-8,14-16,18-19H,9-13H2,(H,30,31). The molecule has 7 rings (SSSR count). The molecule has 0 spiro atoms. The molecule has 1 heterocycles. The van der Waals surface area contributed by atoms with Gasteiger partial charge in [-0.3, -0.25) is 4.79 Å². The topological polar surface area (TPSA) is 54.4 Å². The molecule has 4 aliphatic rings. The second kappa shape index (κ2) is 7.26. The molecule has 1 aromatic heterocycles. The highest BCUT2D eigenvalue weighted by molar-refractivity contribution is 6.07. The van der Waals surface area contributed by atoms with Gasteiger partial charge in [0.05, 0.1) is 16.8 Å². The van der Waals surface area contributed by atoms with Gasteiger partial charge in [-0.25, -0.2) is 14.8 Å². The maximum atomic E-state index is 13.4. The number of carbonyl (C=O) groups is 1. The van der Waals surface area contributed by atoms with E-state index in [1.165, 1.54) is 49.9 Å². The van der Waals surface area contributed by atoms with Gasteiger partial charge in [-0.1, -0.05) is 18.2 Å². The van der Waals surface area contributed by atoms with Crippen molar-refractivity contribution in [2.45, 2.75) is 32.1 Å². The lowest BCUT2D eigenvalue weighted by Gasteiger charge is -2.50. The fraction of sp³-hybridized carbons (Fsp3) is 0.346. The Kier molecular flexibility index (Phi) is 4.37. The monoisotopic (exact) mass is 413 g/mol. The van der Waals surface area contributed by atoms with Crippen LogP contribution in [0.5, 0.6) is 0 Å². The summed E-state index contributed by atoms with van der Waals surface area (Å²) < 4.78 is 13.4. The summed E-state index contributed by atoms with van der Waals surface area (Å²) in [6, 6.07) is 15.6. The van der Waals surface area contributed by atoms with Crippen LogP contribution in [-0.4, -0.2) is 16.6 Å². The number of carbonyl (C=O) groups excluding carboxylic acids is 1. The molecular weight excluding hydrogens is 389 g/mol. The lowest BCUT2D eigenvalue weighted by molar-refractivity contribution is 0.0944. The Bertz CT molecular complexity index is 1170. The van der Waals surface area contributed by atoms with E-state index in [2.05, 4.69) is 15.5 Å². The van der Waals surface area contributed by atoms with Gasteiger partial charge in [-0.2, -0.15) is 5.10 Å². The summed E-state index contributed by atoms with van der Waals surface area (Å²) in [5.74, 6) is 2.29. The molecule has 4 nitrogen and oxygen atoms in total. The van der Waals surface area contributed by atoms with Crippen molar-refractivity contribution >= 4 is 22.5 Å². The number of hydrogen-bond acceptors (Lipinski definition) is 3. The second-order valence-corrected chi connectivity index (χ2v) is 9.36. The number of benzene rings is 2. The van der Waals surface area contributed by atoms with Gasteiger partial charge in [-0.05, 0) is 92.2 Å². The highest BCUT2D eigenvalue weighted by Gasteiger charge is 2.46. The molecule has 0 radical (unpaired) electrons. The third kappa shape index (κ3) is 3.32. The first-order chi connectivity index (χ1) is 15.1. The molecule has 0 unspecified atom stereocenters. The zero-order valence-corrected chi connectivity index (χ0v) is 17.2. The van der Waals surface area contributed by atoms with E-state index in [0.717, 1.165) is 28.3 Å². The molecule has 0 aliphatic heterocycles. The SMILES string of the molecule is O=C(NN=C1C2CC3CC(C2)CC1C3)c1cc(-c2ccc(F)cc2)nc2ccccc12. The van der Waals surface area contributed by atoms with Crippen molar-refractivity contribution in [1.82, 2.24) is 10.4 Å². The highest BCUT2D eigenvalue weighted by Crippen LogP contribution is 2.52. The first-order valence-corrected chi connectivity index (χ1v) is 11.2. The van der Waals surface area contributed by atoms with E-state index in [-0.39, 0.29) is 11.7 Å². The van der Waals surface area contributed by atoms with Crippen LogP contribution in [0.4, 0.5) is 4.39 Å². The molecule has 4 aliphatic carbocycles. The van der Waals surface area contributed by atoms with Gasteiger partial charge < -0.3 is 0 Å². The van der Waals surface area contributed by atoms with Gasteiger partial charge in [-0.15, -0.1) is 0 Å². The maximum absolute atomic E-state index is 13.4. The summed E-state index contributed by atoms with van der Waals surface area (Å²) in [7, 11) is 0. The van der Waals surface area contributed by atoms with Crippen molar-refractivity contribution in [2.24, 2.45) is 28.8 Å². The van der Waals surface area contributed by atoms with Gasteiger partial charge in [0.25, 0.3) is 5.91 Å². The van der Waals surface area contributed by atoms with Crippen molar-refractivity contribution < 1.29 is 9.18 Å². The number of halogens is 1. The van der Waals surface area contributed by atoms with E-state index in [1.807, 2.05) is 24.3 Å². The summed E-state index contributed by atoms with van der Waals surface area (Å²) in [6.45, 7) is 0. The van der Waals surface area contributed by atoms with Crippen molar-refractivity contribution in [1.29, 1.82) is 0 Å². The number of para-hydroxylation sites is 1. The Morgan fingerprint density at radius 3 is 2.32 bits per heavy atom. The minimum Gasteiger partial charge on any atom is -0.267 e. The van der Waals surface area contributed by atoms with Gasteiger partial charge in [0.15, 0.2) is 0 Å². The summed E-state index contributed by atoms with van der Waals surface area (Å²) in [5, 5.41) is 5.46. The number of hydrogen-bond donors (Lipinski definition) is 1.